The maximum absolute atomic E-state index is 2.41. The normalized spacial score (nSPS) is 11.8. The fourth-order valence-electron chi connectivity index (χ4n) is 8.27. The molecule has 1 heterocycles. The highest BCUT2D eigenvalue weighted by molar-refractivity contribution is 7.22. The second kappa shape index (κ2) is 11.5. The molecule has 0 atom stereocenters. The molecule has 1 nitrogen and oxygen atoms in total. The van der Waals surface area contributed by atoms with Crippen molar-refractivity contribution < 1.29 is 0 Å². The first-order chi connectivity index (χ1) is 25.7. The van der Waals surface area contributed by atoms with E-state index in [-0.39, 0.29) is 0 Å². The predicted octanol–water partition coefficient (Wildman–Crippen LogP) is 14.8. The zero-order valence-corrected chi connectivity index (χ0v) is 29.1. The molecule has 1 aliphatic rings. The second-order valence-corrected chi connectivity index (χ2v) is 14.8. The highest BCUT2D eigenvalue weighted by Gasteiger charge is 2.24. The highest BCUT2D eigenvalue weighted by atomic mass is 32.1. The van der Waals surface area contributed by atoms with E-state index in [1.165, 1.54) is 86.2 Å². The molecule has 0 bridgehead atoms. The topological polar surface area (TPSA) is 3.24 Å². The van der Waals surface area contributed by atoms with Crippen molar-refractivity contribution in [1.29, 1.82) is 0 Å². The van der Waals surface area contributed by atoms with E-state index in [1.807, 2.05) is 11.3 Å². The lowest BCUT2D eigenvalue weighted by atomic mass is 9.97. The quantitative estimate of drug-likeness (QED) is 0.164. The molecular weight excluding hydrogens is 647 g/mol. The van der Waals surface area contributed by atoms with Crippen molar-refractivity contribution >= 4 is 70.8 Å². The van der Waals surface area contributed by atoms with Crippen LogP contribution in [-0.2, 0) is 0 Å². The van der Waals surface area contributed by atoms with Gasteiger partial charge >= 0.3 is 0 Å². The van der Waals surface area contributed by atoms with Crippen LogP contribution in [0.5, 0.6) is 0 Å². The Labute approximate surface area is 306 Å². The summed E-state index contributed by atoms with van der Waals surface area (Å²) in [7, 11) is 0. The van der Waals surface area contributed by atoms with Gasteiger partial charge in [0.1, 0.15) is 0 Å². The smallest absolute Gasteiger partial charge is 0.0474 e. The van der Waals surface area contributed by atoms with E-state index in [0.717, 1.165) is 17.1 Å². The molecule has 0 saturated heterocycles. The standard InChI is InChI=1S/C50H31NS/c1-3-11-42-33(8-1)16-17-36-28-35(22-27-43(36)42)32-18-23-39(24-19-32)51(40-25-20-34(21-26-40)49-30-37-9-2-6-15-48(37)52-49)41-29-38-10-7-14-46-44-12-4-5-13-45(44)47(31-41)50(38)46/h1-31H. The van der Waals surface area contributed by atoms with Gasteiger partial charge in [-0.15, -0.1) is 11.3 Å². The highest BCUT2D eigenvalue weighted by Crippen LogP contribution is 2.50. The molecule has 0 unspecified atom stereocenters. The number of fused-ring (bicyclic) bond motifs is 7. The SMILES string of the molecule is c1ccc2c(c1)-c1cccc3cc(N(c4ccc(-c5ccc6c(ccc7ccccc76)c5)cc4)c4ccc(-c5cc6ccccc6s5)cc4)cc-2c13. The zero-order valence-electron chi connectivity index (χ0n) is 28.3. The first kappa shape index (κ1) is 29.3. The van der Waals surface area contributed by atoms with Crippen LogP contribution in [0.15, 0.2) is 188 Å². The summed E-state index contributed by atoms with van der Waals surface area (Å²) in [6.45, 7) is 0. The third-order valence-corrected chi connectivity index (χ3v) is 11.9. The third kappa shape index (κ3) is 4.62. The Kier molecular flexibility index (Phi) is 6.49. The first-order valence-corrected chi connectivity index (χ1v) is 18.6. The lowest BCUT2D eigenvalue weighted by Gasteiger charge is -2.27. The summed E-state index contributed by atoms with van der Waals surface area (Å²) < 4.78 is 1.32. The lowest BCUT2D eigenvalue weighted by Crippen LogP contribution is -2.10. The Hall–Kier alpha value is -6.48. The number of benzene rings is 9. The third-order valence-electron chi connectivity index (χ3n) is 10.8. The van der Waals surface area contributed by atoms with Gasteiger partial charge < -0.3 is 4.90 Å². The average Bonchev–Trinajstić information content (AvgIpc) is 3.79. The Bertz CT molecular complexity index is 2970. The number of hydrogen-bond acceptors (Lipinski definition) is 2. The zero-order chi connectivity index (χ0) is 34.2. The molecule has 0 amide bonds. The monoisotopic (exact) mass is 677 g/mol. The largest absolute Gasteiger partial charge is 0.310 e. The van der Waals surface area contributed by atoms with Gasteiger partial charge in [0.15, 0.2) is 0 Å². The summed E-state index contributed by atoms with van der Waals surface area (Å²) in [4.78, 5) is 3.70. The van der Waals surface area contributed by atoms with Crippen LogP contribution in [0.4, 0.5) is 17.1 Å². The molecule has 0 spiro atoms. The molecule has 2 heteroatoms. The van der Waals surface area contributed by atoms with E-state index in [4.69, 9.17) is 0 Å². The van der Waals surface area contributed by atoms with E-state index in [1.54, 1.807) is 0 Å². The Balaban J connectivity index is 1.03. The van der Waals surface area contributed by atoms with Crippen molar-refractivity contribution in [3.63, 3.8) is 0 Å². The maximum atomic E-state index is 2.41. The second-order valence-electron chi connectivity index (χ2n) is 13.7. The number of thiophene rings is 1. The molecule has 1 aromatic heterocycles. The molecule has 10 aromatic rings. The molecular formula is C50H31NS. The van der Waals surface area contributed by atoms with Gasteiger partial charge in [0.2, 0.25) is 0 Å². The molecule has 0 radical (unpaired) electrons. The maximum Gasteiger partial charge on any atom is 0.0474 e. The minimum absolute atomic E-state index is 1.12. The van der Waals surface area contributed by atoms with Gasteiger partial charge in [-0.1, -0.05) is 133 Å². The number of anilines is 3. The first-order valence-electron chi connectivity index (χ1n) is 17.8. The summed E-state index contributed by atoms with van der Waals surface area (Å²) >= 11 is 1.85. The van der Waals surface area contributed by atoms with Crippen molar-refractivity contribution in [2.75, 3.05) is 4.90 Å². The van der Waals surface area contributed by atoms with Crippen LogP contribution in [0.1, 0.15) is 0 Å². The van der Waals surface area contributed by atoms with E-state index >= 15 is 0 Å². The van der Waals surface area contributed by atoms with Crippen molar-refractivity contribution in [2.24, 2.45) is 0 Å². The molecule has 9 aromatic carbocycles. The van der Waals surface area contributed by atoms with Crippen molar-refractivity contribution in [3.05, 3.63) is 188 Å². The van der Waals surface area contributed by atoms with E-state index < -0.39 is 0 Å². The van der Waals surface area contributed by atoms with Crippen LogP contribution < -0.4 is 4.90 Å². The van der Waals surface area contributed by atoms with Gasteiger partial charge in [-0.2, -0.15) is 0 Å². The average molecular weight is 678 g/mol. The van der Waals surface area contributed by atoms with Crippen molar-refractivity contribution in [2.45, 2.75) is 0 Å². The van der Waals surface area contributed by atoms with Crippen molar-refractivity contribution in [3.8, 4) is 43.8 Å². The van der Waals surface area contributed by atoms with E-state index in [2.05, 4.69) is 193 Å². The van der Waals surface area contributed by atoms with Crippen LogP contribution in [0.2, 0.25) is 0 Å². The molecule has 242 valence electrons. The molecule has 1 aliphatic carbocycles. The number of hydrogen-bond donors (Lipinski definition) is 0. The Morgan fingerprint density at radius 1 is 0.327 bits per heavy atom. The van der Waals surface area contributed by atoms with Crippen molar-refractivity contribution in [1.82, 2.24) is 0 Å². The summed E-state index contributed by atoms with van der Waals surface area (Å²) in [6, 6.07) is 69.3. The molecule has 11 rings (SSSR count). The molecule has 52 heavy (non-hydrogen) atoms. The molecule has 0 N–H and O–H groups in total. The Morgan fingerprint density at radius 2 is 0.942 bits per heavy atom. The van der Waals surface area contributed by atoms with Gasteiger partial charge in [0.25, 0.3) is 0 Å². The summed E-state index contributed by atoms with van der Waals surface area (Å²) in [5.74, 6) is 0. The van der Waals surface area contributed by atoms with Crippen LogP contribution >= 0.6 is 11.3 Å². The minimum Gasteiger partial charge on any atom is -0.310 e. The fourth-order valence-corrected chi connectivity index (χ4v) is 9.34. The van der Waals surface area contributed by atoms with E-state index in [0.29, 0.717) is 0 Å². The molecule has 0 saturated carbocycles. The van der Waals surface area contributed by atoms with Crippen LogP contribution in [0, 0.1) is 0 Å². The predicted molar refractivity (Wildman–Crippen MR) is 224 cm³/mol. The molecule has 0 fully saturated rings. The number of rotatable bonds is 5. The molecule has 0 aliphatic heterocycles. The Morgan fingerprint density at radius 3 is 1.75 bits per heavy atom. The lowest BCUT2D eigenvalue weighted by molar-refractivity contribution is 1.29. The van der Waals surface area contributed by atoms with E-state index in [9.17, 15) is 0 Å². The van der Waals surface area contributed by atoms with Gasteiger partial charge in [0, 0.05) is 26.6 Å². The van der Waals surface area contributed by atoms with Gasteiger partial charge in [-0.25, -0.2) is 0 Å². The van der Waals surface area contributed by atoms with Gasteiger partial charge in [-0.3, -0.25) is 0 Å². The van der Waals surface area contributed by atoms with Crippen LogP contribution in [0.3, 0.4) is 0 Å². The summed E-state index contributed by atoms with van der Waals surface area (Å²) in [5, 5.41) is 9.01. The van der Waals surface area contributed by atoms with Gasteiger partial charge in [-0.05, 0) is 131 Å². The summed E-state index contributed by atoms with van der Waals surface area (Å²) in [5.41, 5.74) is 12.3. The van der Waals surface area contributed by atoms with Crippen LogP contribution in [-0.4, -0.2) is 0 Å². The van der Waals surface area contributed by atoms with Gasteiger partial charge in [0.05, 0.1) is 0 Å². The minimum atomic E-state index is 1.12. The van der Waals surface area contributed by atoms with Crippen LogP contribution in [0.25, 0.3) is 86.2 Å². The number of nitrogens with zero attached hydrogens (tertiary/aromatic N) is 1. The summed E-state index contributed by atoms with van der Waals surface area (Å²) in [6.07, 6.45) is 0. The fraction of sp³-hybridized carbons (Fsp3) is 0.